The first kappa shape index (κ1) is 26.2. The smallest absolute Gasteiger partial charge is 0.328 e. The highest BCUT2D eigenvalue weighted by Gasteiger charge is 2.43. The zero-order valence-corrected chi connectivity index (χ0v) is 24.0. The van der Waals surface area contributed by atoms with Gasteiger partial charge in [-0.3, -0.25) is 9.36 Å². The number of benzene rings is 4. The van der Waals surface area contributed by atoms with Crippen LogP contribution in [0.2, 0.25) is 0 Å². The maximum atomic E-state index is 13.8. The number of hydrogen-bond donors (Lipinski definition) is 2. The molecule has 7 aromatic rings. The summed E-state index contributed by atoms with van der Waals surface area (Å²) < 4.78 is 7.43. The number of nitrogens with zero attached hydrogens (tertiary/aromatic N) is 3. The van der Waals surface area contributed by atoms with Crippen LogP contribution in [0.5, 0.6) is 0 Å². The molecule has 0 amide bonds. The molecule has 2 N–H and O–H groups in total. The molecular weight excluding hydrogens is 572 g/mol. The number of rotatable bonds is 6. The molecule has 44 heavy (non-hydrogen) atoms. The van der Waals surface area contributed by atoms with Gasteiger partial charge in [0.15, 0.2) is 11.8 Å². The molecule has 214 valence electrons. The maximum absolute atomic E-state index is 13.8. The number of nitrogens with one attached hydrogen (secondary N) is 1. The summed E-state index contributed by atoms with van der Waals surface area (Å²) in [6.07, 6.45) is 3.63. The van der Waals surface area contributed by atoms with Gasteiger partial charge in [-0.1, -0.05) is 102 Å². The summed E-state index contributed by atoms with van der Waals surface area (Å²) in [5.41, 5.74) is 4.18. The van der Waals surface area contributed by atoms with Crippen LogP contribution in [0.3, 0.4) is 0 Å². The topological polar surface area (TPSA) is 114 Å². The van der Waals surface area contributed by atoms with E-state index in [2.05, 4.69) is 51.5 Å². The molecule has 3 aromatic heterocycles. The van der Waals surface area contributed by atoms with Crippen molar-refractivity contribution in [2.24, 2.45) is 0 Å². The lowest BCUT2D eigenvalue weighted by molar-refractivity contribution is -0.141. The Morgan fingerprint density at radius 1 is 0.909 bits per heavy atom. The Morgan fingerprint density at radius 2 is 1.64 bits per heavy atom. The van der Waals surface area contributed by atoms with Crippen molar-refractivity contribution in [3.63, 3.8) is 0 Å². The van der Waals surface area contributed by atoms with Crippen LogP contribution < -0.4 is 5.56 Å². The Balaban J connectivity index is 1.35. The lowest BCUT2D eigenvalue weighted by Gasteiger charge is -2.16. The van der Waals surface area contributed by atoms with Crippen LogP contribution in [-0.2, 0) is 11.2 Å². The summed E-state index contributed by atoms with van der Waals surface area (Å²) in [5, 5.41) is 19.0. The lowest BCUT2D eigenvalue weighted by atomic mass is 9.95. The van der Waals surface area contributed by atoms with Crippen LogP contribution in [0.25, 0.3) is 44.1 Å². The minimum Gasteiger partial charge on any atom is -0.480 e. The van der Waals surface area contributed by atoms with E-state index in [1.54, 1.807) is 12.3 Å². The van der Waals surface area contributed by atoms with Crippen LogP contribution in [0.4, 0.5) is 0 Å². The van der Waals surface area contributed by atoms with Gasteiger partial charge in [0.05, 0.1) is 27.9 Å². The normalized spacial score (nSPS) is 16.0. The van der Waals surface area contributed by atoms with Gasteiger partial charge < -0.3 is 14.6 Å². The molecule has 9 heteroatoms. The van der Waals surface area contributed by atoms with E-state index in [9.17, 15) is 14.7 Å². The average molecular weight is 597 g/mol. The number of aliphatic carboxylic acids is 1. The third kappa shape index (κ3) is 4.24. The standard InChI is InChI=1S/C35H24N4O4S/c40-30-16-23(15-22-11-5-9-20-7-1-3-12-24(20)22)31(34-39(30)32(35(41)42)33(44-34)28-18-36-19-37-28)29-17-27(38-43-29)26-14-6-10-21-8-2-4-13-25(21)26/h1-14,16-19,32-33H,15H2,(H,36,37)(H,41,42). The summed E-state index contributed by atoms with van der Waals surface area (Å²) in [5.74, 6) is -0.639. The summed E-state index contributed by atoms with van der Waals surface area (Å²) in [4.78, 5) is 33.7. The molecule has 0 spiro atoms. The van der Waals surface area contributed by atoms with E-state index in [0.717, 1.165) is 38.2 Å². The van der Waals surface area contributed by atoms with Crippen molar-refractivity contribution in [3.05, 3.63) is 137 Å². The fraction of sp³-hybridized carbons (Fsp3) is 0.0857. The van der Waals surface area contributed by atoms with E-state index in [1.807, 2.05) is 54.6 Å². The molecule has 2 atom stereocenters. The first-order valence-electron chi connectivity index (χ1n) is 14.2. The van der Waals surface area contributed by atoms with Crippen molar-refractivity contribution in [3.8, 4) is 22.6 Å². The number of carboxylic acid groups (broad SMARTS) is 1. The number of thioether (sulfide) groups is 1. The van der Waals surface area contributed by atoms with Crippen molar-refractivity contribution >= 4 is 39.3 Å². The van der Waals surface area contributed by atoms with Gasteiger partial charge in [0.25, 0.3) is 5.56 Å². The molecule has 1 aliphatic rings. The maximum Gasteiger partial charge on any atom is 0.328 e. The van der Waals surface area contributed by atoms with E-state index in [-0.39, 0.29) is 5.56 Å². The number of aromatic amines is 1. The molecule has 2 unspecified atom stereocenters. The molecule has 0 saturated heterocycles. The van der Waals surface area contributed by atoms with E-state index < -0.39 is 17.3 Å². The lowest BCUT2D eigenvalue weighted by Crippen LogP contribution is -2.30. The number of carbonyl (C=O) groups is 1. The molecular formula is C35H24N4O4S. The van der Waals surface area contributed by atoms with Crippen LogP contribution in [-0.4, -0.2) is 30.8 Å². The number of fused-ring (bicyclic) bond motifs is 3. The molecule has 4 aromatic carbocycles. The van der Waals surface area contributed by atoms with Crippen LogP contribution in [0.1, 0.15) is 28.1 Å². The number of pyridine rings is 1. The number of imidazole rings is 1. The fourth-order valence-electron chi connectivity index (χ4n) is 6.26. The molecule has 0 radical (unpaired) electrons. The summed E-state index contributed by atoms with van der Waals surface area (Å²) >= 11 is 1.31. The van der Waals surface area contributed by atoms with Gasteiger partial charge in [0.1, 0.15) is 5.69 Å². The monoisotopic (exact) mass is 596 g/mol. The molecule has 8 rings (SSSR count). The highest BCUT2D eigenvalue weighted by Crippen LogP contribution is 2.53. The SMILES string of the molecule is O=C(O)C1C(c2c[nH]cn2)Sc2c(-c3cc(-c4cccc5ccccc45)no3)c(Cc3cccc4ccccc34)cc(=O)n21. The Bertz CT molecular complexity index is 2260. The Hall–Kier alpha value is -5.41. The first-order chi connectivity index (χ1) is 21.6. The molecule has 0 aliphatic carbocycles. The van der Waals surface area contributed by atoms with Gasteiger partial charge >= 0.3 is 5.97 Å². The van der Waals surface area contributed by atoms with Crippen LogP contribution in [0, 0.1) is 0 Å². The fourth-order valence-corrected chi connectivity index (χ4v) is 7.78. The molecule has 0 fully saturated rings. The van der Waals surface area contributed by atoms with Crippen molar-refractivity contribution in [2.45, 2.75) is 22.7 Å². The van der Waals surface area contributed by atoms with Crippen LogP contribution in [0.15, 0.2) is 124 Å². The Labute approximate surface area is 255 Å². The van der Waals surface area contributed by atoms with Gasteiger partial charge in [-0.15, -0.1) is 0 Å². The van der Waals surface area contributed by atoms with Crippen LogP contribution >= 0.6 is 11.8 Å². The Kier molecular flexibility index (Phi) is 6.20. The predicted octanol–water partition coefficient (Wildman–Crippen LogP) is 7.26. The second-order valence-corrected chi connectivity index (χ2v) is 11.9. The number of carboxylic acids is 1. The average Bonchev–Trinajstić information content (AvgIpc) is 3.82. The van der Waals surface area contributed by atoms with E-state index in [4.69, 9.17) is 4.52 Å². The second kappa shape index (κ2) is 10.4. The van der Waals surface area contributed by atoms with Crippen molar-refractivity contribution in [1.29, 1.82) is 0 Å². The quantitative estimate of drug-likeness (QED) is 0.208. The summed E-state index contributed by atoms with van der Waals surface area (Å²) in [6, 6.07) is 30.7. The minimum atomic E-state index is -1.14. The highest BCUT2D eigenvalue weighted by molar-refractivity contribution is 7.99. The zero-order chi connectivity index (χ0) is 29.8. The van der Waals surface area contributed by atoms with Gasteiger partial charge in [-0.25, -0.2) is 9.78 Å². The highest BCUT2D eigenvalue weighted by atomic mass is 32.2. The zero-order valence-electron chi connectivity index (χ0n) is 23.2. The van der Waals surface area contributed by atoms with Gasteiger partial charge in [0, 0.05) is 23.9 Å². The van der Waals surface area contributed by atoms with Gasteiger partial charge in [-0.2, -0.15) is 0 Å². The predicted molar refractivity (Wildman–Crippen MR) is 170 cm³/mol. The van der Waals surface area contributed by atoms with Gasteiger partial charge in [0.2, 0.25) is 0 Å². The van der Waals surface area contributed by atoms with E-state index in [1.165, 1.54) is 22.7 Å². The van der Waals surface area contributed by atoms with Gasteiger partial charge in [-0.05, 0) is 39.1 Å². The van der Waals surface area contributed by atoms with Crippen molar-refractivity contribution in [1.82, 2.24) is 19.7 Å². The molecule has 8 nitrogen and oxygen atoms in total. The number of hydrogen-bond acceptors (Lipinski definition) is 6. The molecule has 4 heterocycles. The summed E-state index contributed by atoms with van der Waals surface area (Å²) in [6.45, 7) is 0. The van der Waals surface area contributed by atoms with Crippen molar-refractivity contribution in [2.75, 3.05) is 0 Å². The third-order valence-corrected chi connectivity index (χ3v) is 9.62. The number of H-pyrrole nitrogens is 1. The van der Waals surface area contributed by atoms with E-state index >= 15 is 0 Å². The minimum absolute atomic E-state index is 0.384. The summed E-state index contributed by atoms with van der Waals surface area (Å²) in [7, 11) is 0. The largest absolute Gasteiger partial charge is 0.480 e. The van der Waals surface area contributed by atoms with E-state index in [0.29, 0.717) is 34.2 Å². The Morgan fingerprint density at radius 3 is 2.41 bits per heavy atom. The number of aromatic nitrogens is 4. The molecule has 0 bridgehead atoms. The van der Waals surface area contributed by atoms with Crippen molar-refractivity contribution < 1.29 is 14.4 Å². The third-order valence-electron chi connectivity index (χ3n) is 8.24. The first-order valence-corrected chi connectivity index (χ1v) is 15.0. The molecule has 0 saturated carbocycles. The second-order valence-electron chi connectivity index (χ2n) is 10.8. The molecule has 1 aliphatic heterocycles.